The Bertz CT molecular complexity index is 478. The number of benzene rings is 1. The van der Waals surface area contributed by atoms with Crippen LogP contribution in [0.15, 0.2) is 24.3 Å². The van der Waals surface area contributed by atoms with Crippen molar-refractivity contribution in [2.75, 3.05) is 5.75 Å². The number of fused-ring (bicyclic) bond motifs is 1. The Balaban J connectivity index is 2.12. The van der Waals surface area contributed by atoms with Crippen molar-refractivity contribution in [1.82, 2.24) is 0 Å². The van der Waals surface area contributed by atoms with E-state index in [1.807, 2.05) is 24.3 Å². The van der Waals surface area contributed by atoms with E-state index in [0.29, 0.717) is 6.42 Å². The third-order valence-electron chi connectivity index (χ3n) is 3.36. The predicted molar refractivity (Wildman–Crippen MR) is 65.2 cm³/mol. The fourth-order valence-corrected chi connectivity index (χ4v) is 3.14. The van der Waals surface area contributed by atoms with Gasteiger partial charge in [-0.25, -0.2) is 0 Å². The number of nitrogens with zero attached hydrogens (tertiary/aromatic N) is 1. The van der Waals surface area contributed by atoms with Crippen molar-refractivity contribution in [2.45, 2.75) is 30.2 Å². The summed E-state index contributed by atoms with van der Waals surface area (Å²) in [4.78, 5) is 0. The van der Waals surface area contributed by atoms with E-state index in [1.54, 1.807) is 0 Å². The molecular formula is C13H12F3NS. The van der Waals surface area contributed by atoms with Crippen molar-refractivity contribution in [2.24, 2.45) is 0 Å². The standard InChI is InChI=1S/C13H12F3NS/c14-13(15,16)18-8-7-12(9-17)6-5-10-3-1-2-4-11(10)12/h1-4H,5-8H2. The van der Waals surface area contributed by atoms with Crippen molar-refractivity contribution >= 4 is 11.8 Å². The topological polar surface area (TPSA) is 23.8 Å². The fraction of sp³-hybridized carbons (Fsp3) is 0.462. The quantitative estimate of drug-likeness (QED) is 0.828. The van der Waals surface area contributed by atoms with Crippen LogP contribution in [0.1, 0.15) is 24.0 Å². The minimum absolute atomic E-state index is 0.0421. The highest BCUT2D eigenvalue weighted by Gasteiger charge is 2.39. The van der Waals surface area contributed by atoms with Gasteiger partial charge >= 0.3 is 5.51 Å². The normalized spacial score (nSPS) is 22.6. The summed E-state index contributed by atoms with van der Waals surface area (Å²) in [7, 11) is 0. The molecule has 0 spiro atoms. The Labute approximate surface area is 108 Å². The third kappa shape index (κ3) is 2.64. The van der Waals surface area contributed by atoms with Crippen LogP contribution in [0, 0.1) is 11.3 Å². The molecule has 0 heterocycles. The molecule has 0 saturated carbocycles. The number of rotatable bonds is 3. The number of aryl methyl sites for hydroxylation is 1. The molecule has 1 atom stereocenters. The predicted octanol–water partition coefficient (Wildman–Crippen LogP) is 4.04. The molecule has 1 aromatic rings. The van der Waals surface area contributed by atoms with Crippen molar-refractivity contribution in [1.29, 1.82) is 5.26 Å². The maximum atomic E-state index is 12.1. The number of nitriles is 1. The highest BCUT2D eigenvalue weighted by atomic mass is 32.2. The summed E-state index contributed by atoms with van der Waals surface area (Å²) in [5, 5.41) is 9.35. The average molecular weight is 271 g/mol. The molecule has 0 saturated heterocycles. The van der Waals surface area contributed by atoms with Gasteiger partial charge in [-0.2, -0.15) is 18.4 Å². The van der Waals surface area contributed by atoms with Crippen molar-refractivity contribution in [3.05, 3.63) is 35.4 Å². The monoisotopic (exact) mass is 271 g/mol. The molecule has 1 aliphatic rings. The minimum Gasteiger partial charge on any atom is -0.197 e. The highest BCUT2D eigenvalue weighted by molar-refractivity contribution is 8.00. The zero-order chi connectivity index (χ0) is 13.2. The molecule has 1 unspecified atom stereocenters. The van der Waals surface area contributed by atoms with Gasteiger partial charge in [-0.15, -0.1) is 0 Å². The zero-order valence-electron chi connectivity index (χ0n) is 9.63. The molecule has 0 bridgehead atoms. The van der Waals surface area contributed by atoms with Gasteiger partial charge in [0.15, 0.2) is 0 Å². The summed E-state index contributed by atoms with van der Waals surface area (Å²) >= 11 is -0.0421. The Hall–Kier alpha value is -1.15. The Morgan fingerprint density at radius 2 is 2.06 bits per heavy atom. The molecule has 5 heteroatoms. The number of alkyl halides is 3. The van der Waals surface area contributed by atoms with Crippen LogP contribution in [0.25, 0.3) is 0 Å². The molecular weight excluding hydrogens is 259 g/mol. The first kappa shape index (κ1) is 13.3. The number of thioether (sulfide) groups is 1. The summed E-state index contributed by atoms with van der Waals surface area (Å²) < 4.78 is 36.4. The Morgan fingerprint density at radius 3 is 2.72 bits per heavy atom. The summed E-state index contributed by atoms with van der Waals surface area (Å²) in [6.45, 7) is 0. The van der Waals surface area contributed by atoms with Crippen LogP contribution >= 0.6 is 11.8 Å². The van der Waals surface area contributed by atoms with E-state index in [2.05, 4.69) is 6.07 Å². The second-order valence-electron chi connectivity index (χ2n) is 4.40. The SMILES string of the molecule is N#CC1(CCSC(F)(F)F)CCc2ccccc21. The Morgan fingerprint density at radius 1 is 1.33 bits per heavy atom. The summed E-state index contributed by atoms with van der Waals surface area (Å²) in [6, 6.07) is 9.79. The maximum Gasteiger partial charge on any atom is 0.441 e. The first-order chi connectivity index (χ1) is 8.47. The molecule has 1 aromatic carbocycles. The van der Waals surface area contributed by atoms with Gasteiger partial charge in [0.2, 0.25) is 0 Å². The van der Waals surface area contributed by atoms with Gasteiger partial charge < -0.3 is 0 Å². The van der Waals surface area contributed by atoms with E-state index in [0.717, 1.165) is 17.5 Å². The van der Waals surface area contributed by atoms with Gasteiger partial charge in [-0.05, 0) is 30.4 Å². The van der Waals surface area contributed by atoms with E-state index >= 15 is 0 Å². The summed E-state index contributed by atoms with van der Waals surface area (Å²) in [5.74, 6) is -0.0641. The molecule has 18 heavy (non-hydrogen) atoms. The summed E-state index contributed by atoms with van der Waals surface area (Å²) in [5.41, 5.74) is -2.93. The average Bonchev–Trinajstić information content (AvgIpc) is 2.68. The van der Waals surface area contributed by atoms with Crippen LogP contribution in [-0.4, -0.2) is 11.3 Å². The fourth-order valence-electron chi connectivity index (χ4n) is 2.46. The van der Waals surface area contributed by atoms with Crippen LogP contribution in [0.4, 0.5) is 13.2 Å². The van der Waals surface area contributed by atoms with E-state index < -0.39 is 10.9 Å². The lowest BCUT2D eigenvalue weighted by atomic mass is 9.81. The molecule has 1 aliphatic carbocycles. The molecule has 0 aromatic heterocycles. The molecule has 96 valence electrons. The second kappa shape index (κ2) is 4.85. The van der Waals surface area contributed by atoms with Gasteiger partial charge in [0.05, 0.1) is 11.5 Å². The van der Waals surface area contributed by atoms with Crippen LogP contribution < -0.4 is 0 Å². The number of halogens is 3. The van der Waals surface area contributed by atoms with Gasteiger partial charge in [0.1, 0.15) is 0 Å². The van der Waals surface area contributed by atoms with Gasteiger partial charge in [-0.1, -0.05) is 36.0 Å². The first-order valence-electron chi connectivity index (χ1n) is 5.67. The minimum atomic E-state index is -4.21. The molecule has 0 N–H and O–H groups in total. The van der Waals surface area contributed by atoms with Gasteiger partial charge in [0.25, 0.3) is 0 Å². The first-order valence-corrected chi connectivity index (χ1v) is 6.66. The highest BCUT2D eigenvalue weighted by Crippen LogP contribution is 2.43. The molecule has 1 nitrogen and oxygen atoms in total. The molecule has 0 radical (unpaired) electrons. The van der Waals surface area contributed by atoms with Gasteiger partial charge in [-0.3, -0.25) is 0 Å². The van der Waals surface area contributed by atoms with Crippen LogP contribution in [0.5, 0.6) is 0 Å². The Kier molecular flexibility index (Phi) is 3.58. The largest absolute Gasteiger partial charge is 0.441 e. The molecule has 0 amide bonds. The zero-order valence-corrected chi connectivity index (χ0v) is 10.4. The van der Waals surface area contributed by atoms with Crippen LogP contribution in [0.2, 0.25) is 0 Å². The second-order valence-corrected chi connectivity index (χ2v) is 5.56. The molecule has 0 aliphatic heterocycles. The van der Waals surface area contributed by atoms with E-state index in [1.165, 1.54) is 0 Å². The molecule has 0 fully saturated rings. The third-order valence-corrected chi connectivity index (χ3v) is 4.10. The van der Waals surface area contributed by atoms with Crippen molar-refractivity contribution in [3.8, 4) is 6.07 Å². The maximum absolute atomic E-state index is 12.1. The van der Waals surface area contributed by atoms with Crippen LogP contribution in [-0.2, 0) is 11.8 Å². The lowest BCUT2D eigenvalue weighted by Gasteiger charge is -2.22. The van der Waals surface area contributed by atoms with E-state index in [4.69, 9.17) is 0 Å². The van der Waals surface area contributed by atoms with Crippen LogP contribution in [0.3, 0.4) is 0 Å². The summed E-state index contributed by atoms with van der Waals surface area (Å²) in [6.07, 6.45) is 1.66. The van der Waals surface area contributed by atoms with E-state index in [-0.39, 0.29) is 23.9 Å². The van der Waals surface area contributed by atoms with Gasteiger partial charge in [0, 0.05) is 5.75 Å². The van der Waals surface area contributed by atoms with E-state index in [9.17, 15) is 18.4 Å². The smallest absolute Gasteiger partial charge is 0.197 e. The number of hydrogen-bond donors (Lipinski definition) is 0. The van der Waals surface area contributed by atoms with Crippen molar-refractivity contribution in [3.63, 3.8) is 0 Å². The lowest BCUT2D eigenvalue weighted by Crippen LogP contribution is -2.22. The molecule has 2 rings (SSSR count). The number of hydrogen-bond acceptors (Lipinski definition) is 2. The lowest BCUT2D eigenvalue weighted by molar-refractivity contribution is -0.0328. The van der Waals surface area contributed by atoms with Crippen molar-refractivity contribution < 1.29 is 13.2 Å².